The highest BCUT2D eigenvalue weighted by molar-refractivity contribution is 5.95. The highest BCUT2D eigenvalue weighted by Crippen LogP contribution is 2.19. The molecule has 0 bridgehead atoms. The number of carbonyl (C=O) groups is 5. The summed E-state index contributed by atoms with van der Waals surface area (Å²) in [6, 6.07) is 2.63. The number of aliphatic carboxylic acids is 2. The predicted molar refractivity (Wildman–Crippen MR) is 159 cm³/mol. The highest BCUT2D eigenvalue weighted by atomic mass is 16.4. The summed E-state index contributed by atoms with van der Waals surface area (Å²) in [5.74, 6) is -4.81. The van der Waals surface area contributed by atoms with Crippen LogP contribution in [0.4, 0.5) is 0 Å². The van der Waals surface area contributed by atoms with E-state index >= 15 is 0 Å². The van der Waals surface area contributed by atoms with Gasteiger partial charge in [0.05, 0.1) is 6.04 Å². The normalized spacial score (nSPS) is 13.9. The monoisotopic (exact) mass is 602 g/mol. The van der Waals surface area contributed by atoms with Gasteiger partial charge in [0.25, 0.3) is 0 Å². The van der Waals surface area contributed by atoms with Crippen molar-refractivity contribution in [1.29, 1.82) is 5.41 Å². The number of nitrogens with one attached hydrogen (secondary N) is 6. The first kappa shape index (κ1) is 34.5. The Kier molecular flexibility index (Phi) is 13.4. The third-order valence-corrected chi connectivity index (χ3v) is 6.68. The number of carboxylic acids is 2. The van der Waals surface area contributed by atoms with Gasteiger partial charge in [0, 0.05) is 36.5 Å². The van der Waals surface area contributed by atoms with E-state index < -0.39 is 53.8 Å². The Balaban J connectivity index is 2.27. The average Bonchev–Trinajstić information content (AvgIpc) is 3.34. The summed E-state index contributed by atoms with van der Waals surface area (Å²) in [5, 5.41) is 37.0. The number of guanidine groups is 1. The summed E-state index contributed by atoms with van der Waals surface area (Å²) in [5.41, 5.74) is 12.6. The number of aromatic nitrogens is 1. The maximum atomic E-state index is 13.5. The molecule has 0 saturated carbocycles. The second-order valence-corrected chi connectivity index (χ2v) is 10.7. The van der Waals surface area contributed by atoms with Gasteiger partial charge in [0.1, 0.15) is 18.1 Å². The first-order valence-corrected chi connectivity index (χ1v) is 14.0. The smallest absolute Gasteiger partial charge is 0.326 e. The molecule has 12 N–H and O–H groups in total. The number of fused-ring (bicyclic) bond motifs is 1. The van der Waals surface area contributed by atoms with Crippen LogP contribution in [-0.2, 0) is 30.4 Å². The van der Waals surface area contributed by atoms with Crippen LogP contribution in [0.25, 0.3) is 10.9 Å². The zero-order chi connectivity index (χ0) is 32.1. The van der Waals surface area contributed by atoms with Gasteiger partial charge in [-0.1, -0.05) is 32.0 Å². The fourth-order valence-electron chi connectivity index (χ4n) is 4.45. The minimum atomic E-state index is -1.28. The number of aromatic amines is 1. The van der Waals surface area contributed by atoms with Crippen LogP contribution in [0.3, 0.4) is 0 Å². The molecule has 2 rings (SSSR count). The minimum absolute atomic E-state index is 0.0142. The van der Waals surface area contributed by atoms with Crippen molar-refractivity contribution in [1.82, 2.24) is 26.3 Å². The molecule has 15 heteroatoms. The maximum Gasteiger partial charge on any atom is 0.326 e. The van der Waals surface area contributed by atoms with Gasteiger partial charge in [0.2, 0.25) is 17.7 Å². The van der Waals surface area contributed by atoms with Crippen molar-refractivity contribution < 1.29 is 34.2 Å². The Morgan fingerprint density at radius 3 is 2.19 bits per heavy atom. The largest absolute Gasteiger partial charge is 0.481 e. The van der Waals surface area contributed by atoms with Crippen molar-refractivity contribution in [2.24, 2.45) is 17.4 Å². The summed E-state index contributed by atoms with van der Waals surface area (Å²) >= 11 is 0. The summed E-state index contributed by atoms with van der Waals surface area (Å²) in [6.07, 6.45) is 1.80. The van der Waals surface area contributed by atoms with Gasteiger partial charge in [-0.05, 0) is 43.2 Å². The quantitative estimate of drug-likeness (QED) is 0.0607. The number of amides is 3. The van der Waals surface area contributed by atoms with Crippen LogP contribution in [-0.4, -0.2) is 81.5 Å². The lowest BCUT2D eigenvalue weighted by Gasteiger charge is -2.26. The number of hydrogen-bond acceptors (Lipinski definition) is 7. The number of carbonyl (C=O) groups excluding carboxylic acids is 3. The molecule has 1 aromatic carbocycles. The van der Waals surface area contributed by atoms with E-state index in [9.17, 15) is 29.1 Å². The van der Waals surface area contributed by atoms with Crippen LogP contribution >= 0.6 is 0 Å². The van der Waals surface area contributed by atoms with Crippen LogP contribution in [0.15, 0.2) is 30.5 Å². The summed E-state index contributed by atoms with van der Waals surface area (Å²) in [4.78, 5) is 65.6. The van der Waals surface area contributed by atoms with E-state index in [1.807, 2.05) is 38.1 Å². The first-order chi connectivity index (χ1) is 20.3. The zero-order valence-electron chi connectivity index (χ0n) is 24.3. The van der Waals surface area contributed by atoms with Crippen LogP contribution in [0.1, 0.15) is 51.5 Å². The Hall–Kier alpha value is -4.66. The fraction of sp³-hybridized carbons (Fsp3) is 0.500. The van der Waals surface area contributed by atoms with Gasteiger partial charge in [-0.3, -0.25) is 24.6 Å². The summed E-state index contributed by atoms with van der Waals surface area (Å²) < 4.78 is 0. The van der Waals surface area contributed by atoms with E-state index in [0.717, 1.165) is 10.9 Å². The average molecular weight is 603 g/mol. The molecule has 3 amide bonds. The van der Waals surface area contributed by atoms with Gasteiger partial charge >= 0.3 is 11.9 Å². The SMILES string of the molecule is CC(C)C[C@H](NC(=O)[C@@H](N)CCC(=O)O)C(=O)N[C@@H](Cc1c[nH]c2ccccc12)C(=O)N[C@@H](CCCNC(=N)N)C(=O)O. The molecule has 43 heavy (non-hydrogen) atoms. The number of rotatable bonds is 18. The van der Waals surface area contributed by atoms with Gasteiger partial charge < -0.3 is 47.9 Å². The lowest BCUT2D eigenvalue weighted by molar-refractivity contribution is -0.142. The topological polar surface area (TPSA) is 266 Å². The number of hydrogen-bond donors (Lipinski definition) is 10. The van der Waals surface area contributed by atoms with Gasteiger partial charge in [-0.15, -0.1) is 0 Å². The second-order valence-electron chi connectivity index (χ2n) is 10.7. The second kappa shape index (κ2) is 16.7. The maximum absolute atomic E-state index is 13.5. The van der Waals surface area contributed by atoms with E-state index in [4.69, 9.17) is 22.0 Å². The van der Waals surface area contributed by atoms with E-state index in [2.05, 4.69) is 26.3 Å². The zero-order valence-corrected chi connectivity index (χ0v) is 24.3. The molecule has 1 heterocycles. The van der Waals surface area contributed by atoms with Crippen LogP contribution < -0.4 is 32.7 Å². The van der Waals surface area contributed by atoms with Crippen LogP contribution in [0.5, 0.6) is 0 Å². The third kappa shape index (κ3) is 11.6. The van der Waals surface area contributed by atoms with Crippen molar-refractivity contribution >= 4 is 46.5 Å². The van der Waals surface area contributed by atoms with E-state index in [0.29, 0.717) is 12.0 Å². The van der Waals surface area contributed by atoms with E-state index in [1.165, 1.54) is 0 Å². The fourth-order valence-corrected chi connectivity index (χ4v) is 4.45. The molecule has 0 spiro atoms. The molecule has 15 nitrogen and oxygen atoms in total. The molecule has 0 aliphatic heterocycles. The van der Waals surface area contributed by atoms with Crippen LogP contribution in [0, 0.1) is 11.3 Å². The molecule has 236 valence electrons. The van der Waals surface area contributed by atoms with Crippen molar-refractivity contribution in [3.8, 4) is 0 Å². The molecule has 0 aliphatic carbocycles. The number of carboxylic acid groups (broad SMARTS) is 2. The van der Waals surface area contributed by atoms with Crippen molar-refractivity contribution in [2.75, 3.05) is 6.54 Å². The van der Waals surface area contributed by atoms with E-state index in [1.54, 1.807) is 6.20 Å². The molecule has 2 aromatic rings. The van der Waals surface area contributed by atoms with Crippen molar-refractivity contribution in [2.45, 2.75) is 76.5 Å². The lowest BCUT2D eigenvalue weighted by atomic mass is 10.00. The minimum Gasteiger partial charge on any atom is -0.481 e. The highest BCUT2D eigenvalue weighted by Gasteiger charge is 2.31. The third-order valence-electron chi connectivity index (χ3n) is 6.68. The Labute approximate surface area is 249 Å². The number of nitrogens with two attached hydrogens (primary N) is 2. The lowest BCUT2D eigenvalue weighted by Crippen LogP contribution is -2.57. The molecule has 0 fully saturated rings. The molecular weight excluding hydrogens is 560 g/mol. The molecule has 0 unspecified atom stereocenters. The molecule has 0 saturated heterocycles. The Morgan fingerprint density at radius 1 is 0.930 bits per heavy atom. The number of benzene rings is 1. The van der Waals surface area contributed by atoms with Crippen molar-refractivity contribution in [3.63, 3.8) is 0 Å². The molecule has 4 atom stereocenters. The molecule has 0 aliphatic rings. The summed E-state index contributed by atoms with van der Waals surface area (Å²) in [6.45, 7) is 3.91. The molecular formula is C28H42N8O7. The van der Waals surface area contributed by atoms with Gasteiger partial charge in [0.15, 0.2) is 5.96 Å². The number of H-pyrrole nitrogens is 1. The predicted octanol–water partition coefficient (Wildman–Crippen LogP) is -0.249. The first-order valence-electron chi connectivity index (χ1n) is 14.0. The van der Waals surface area contributed by atoms with E-state index in [-0.39, 0.29) is 50.5 Å². The summed E-state index contributed by atoms with van der Waals surface area (Å²) in [7, 11) is 0. The van der Waals surface area contributed by atoms with Gasteiger partial charge in [-0.25, -0.2) is 4.79 Å². The molecule has 1 aromatic heterocycles. The number of para-hydroxylation sites is 1. The van der Waals surface area contributed by atoms with Crippen LogP contribution in [0.2, 0.25) is 0 Å². The Bertz CT molecular complexity index is 1290. The Morgan fingerprint density at radius 2 is 1.56 bits per heavy atom. The van der Waals surface area contributed by atoms with Gasteiger partial charge in [-0.2, -0.15) is 0 Å². The van der Waals surface area contributed by atoms with Crippen molar-refractivity contribution in [3.05, 3.63) is 36.0 Å². The standard InChI is InChI=1S/C28H42N8O7/c1-15(2)12-21(35-24(39)18(29)9-10-23(37)38)25(40)36-22(13-16-14-33-19-7-4-3-6-17(16)19)26(41)34-20(27(42)43)8-5-11-32-28(30)31/h3-4,6-7,14-15,18,20-22,33H,5,8-13,29H2,1-2H3,(H,34,41)(H,35,39)(H,36,40)(H,37,38)(H,42,43)(H4,30,31,32)/t18-,20-,21-,22-/m0/s1. The molecule has 0 radical (unpaired) electrons.